The van der Waals surface area contributed by atoms with Crippen molar-refractivity contribution < 1.29 is 13.2 Å². The number of hydrogen-bond donors (Lipinski definition) is 0. The average molecular weight is 359 g/mol. The van der Waals surface area contributed by atoms with Gasteiger partial charge in [-0.15, -0.1) is 0 Å². The van der Waals surface area contributed by atoms with E-state index in [0.29, 0.717) is 0 Å². The van der Waals surface area contributed by atoms with Crippen molar-refractivity contribution in [3.05, 3.63) is 89.5 Å². The van der Waals surface area contributed by atoms with Crippen LogP contribution in [0.25, 0.3) is 0 Å². The maximum atomic E-state index is 13.3. The third kappa shape index (κ3) is 3.74. The van der Waals surface area contributed by atoms with Gasteiger partial charge in [-0.1, -0.05) is 36.4 Å². The van der Waals surface area contributed by atoms with Crippen molar-refractivity contribution in [2.45, 2.75) is 34.7 Å². The van der Waals surface area contributed by atoms with Gasteiger partial charge in [-0.05, 0) is 61.4 Å². The Kier molecular flexibility index (Phi) is 4.91. The molecule has 0 aliphatic carbocycles. The summed E-state index contributed by atoms with van der Waals surface area (Å²) in [5, 5.41) is 0. The smallest absolute Gasteiger partial charge is 0.166 e. The molecule has 0 radical (unpaired) electrons. The first-order chi connectivity index (χ1) is 11.9. The van der Waals surface area contributed by atoms with Gasteiger partial charge in [0.05, 0.1) is 16.5 Å². The van der Waals surface area contributed by atoms with Crippen molar-refractivity contribution in [1.29, 1.82) is 0 Å². The topological polar surface area (TPSA) is 0 Å². The van der Waals surface area contributed by atoms with Gasteiger partial charge in [0.1, 0.15) is 0 Å². The number of halogens is 3. The summed E-state index contributed by atoms with van der Waals surface area (Å²) in [7, 11) is -0.438. The van der Waals surface area contributed by atoms with Gasteiger partial charge in [-0.3, -0.25) is 0 Å². The summed E-state index contributed by atoms with van der Waals surface area (Å²) in [4.78, 5) is 3.08. The predicted octanol–water partition coefficient (Wildman–Crippen LogP) is 6.42. The fraction of sp³-hybridized carbons (Fsp3) is 0.143. The van der Waals surface area contributed by atoms with Crippen molar-refractivity contribution >= 4 is 10.9 Å². The SMILES string of the molecule is Cc1cc([S+](c2ccccc2)c2ccccc2)cc(C)c1C(F)(F)F. The van der Waals surface area contributed by atoms with Gasteiger partial charge < -0.3 is 0 Å². The van der Waals surface area contributed by atoms with Gasteiger partial charge in [0, 0.05) is 0 Å². The Hall–Kier alpha value is -2.20. The van der Waals surface area contributed by atoms with Crippen LogP contribution in [0.15, 0.2) is 87.5 Å². The Morgan fingerprint density at radius 1 is 0.640 bits per heavy atom. The maximum Gasteiger partial charge on any atom is 0.416 e. The van der Waals surface area contributed by atoms with Gasteiger partial charge >= 0.3 is 6.18 Å². The van der Waals surface area contributed by atoms with Crippen molar-refractivity contribution in [3.8, 4) is 0 Å². The second kappa shape index (κ2) is 6.96. The molecule has 0 aliphatic rings. The number of benzene rings is 3. The molecule has 25 heavy (non-hydrogen) atoms. The molecule has 3 rings (SSSR count). The van der Waals surface area contributed by atoms with Crippen molar-refractivity contribution in [3.63, 3.8) is 0 Å². The van der Waals surface area contributed by atoms with Crippen LogP contribution in [0.2, 0.25) is 0 Å². The van der Waals surface area contributed by atoms with Gasteiger partial charge in [-0.2, -0.15) is 13.2 Å². The van der Waals surface area contributed by atoms with E-state index in [1.165, 1.54) is 13.8 Å². The van der Waals surface area contributed by atoms with E-state index in [9.17, 15) is 13.2 Å². The molecule has 0 N–H and O–H groups in total. The molecule has 0 saturated heterocycles. The van der Waals surface area contributed by atoms with E-state index < -0.39 is 22.6 Å². The fourth-order valence-corrected chi connectivity index (χ4v) is 5.27. The zero-order valence-corrected chi connectivity index (χ0v) is 14.8. The van der Waals surface area contributed by atoms with Crippen molar-refractivity contribution in [2.75, 3.05) is 0 Å². The Labute approximate surface area is 148 Å². The lowest BCUT2D eigenvalue weighted by Crippen LogP contribution is -2.12. The van der Waals surface area contributed by atoms with Gasteiger partial charge in [0.2, 0.25) is 0 Å². The van der Waals surface area contributed by atoms with Gasteiger partial charge in [0.15, 0.2) is 14.7 Å². The molecule has 0 aliphatic heterocycles. The molecule has 0 heterocycles. The summed E-state index contributed by atoms with van der Waals surface area (Å²) in [6.07, 6.45) is -4.33. The average Bonchev–Trinajstić information content (AvgIpc) is 2.55. The van der Waals surface area contributed by atoms with E-state index >= 15 is 0 Å². The van der Waals surface area contributed by atoms with Crippen LogP contribution < -0.4 is 0 Å². The standard InChI is InChI=1S/C21H18F3S/c1-15-13-19(14-16(2)20(15)21(22,23)24)25(17-9-5-3-6-10-17)18-11-7-4-8-12-18/h3-14H,1-2H3/q+1. The largest absolute Gasteiger partial charge is 0.416 e. The molecule has 3 aromatic rings. The maximum absolute atomic E-state index is 13.3. The van der Waals surface area contributed by atoms with Crippen molar-refractivity contribution in [2.24, 2.45) is 0 Å². The monoisotopic (exact) mass is 359 g/mol. The molecule has 3 aromatic carbocycles. The molecular weight excluding hydrogens is 341 g/mol. The highest BCUT2D eigenvalue weighted by molar-refractivity contribution is 7.97. The normalized spacial score (nSPS) is 11.8. The van der Waals surface area contributed by atoms with Crippen LogP contribution in [0.5, 0.6) is 0 Å². The molecule has 0 amide bonds. The highest BCUT2D eigenvalue weighted by atomic mass is 32.2. The van der Waals surface area contributed by atoms with Crippen LogP contribution in [-0.4, -0.2) is 0 Å². The van der Waals surface area contributed by atoms with E-state index in [1.807, 2.05) is 60.7 Å². The third-order valence-corrected chi connectivity index (χ3v) is 6.18. The summed E-state index contributed by atoms with van der Waals surface area (Å²) < 4.78 is 39.9. The van der Waals surface area contributed by atoms with Crippen LogP contribution in [-0.2, 0) is 17.1 Å². The number of alkyl halides is 3. The molecule has 0 aromatic heterocycles. The fourth-order valence-electron chi connectivity index (χ4n) is 3.01. The molecule has 0 unspecified atom stereocenters. The van der Waals surface area contributed by atoms with Crippen molar-refractivity contribution in [1.82, 2.24) is 0 Å². The Bertz CT molecular complexity index is 793. The zero-order valence-electron chi connectivity index (χ0n) is 14.0. The quantitative estimate of drug-likeness (QED) is 0.474. The molecule has 128 valence electrons. The first-order valence-electron chi connectivity index (χ1n) is 7.91. The number of hydrogen-bond acceptors (Lipinski definition) is 0. The lowest BCUT2D eigenvalue weighted by molar-refractivity contribution is -0.138. The zero-order chi connectivity index (χ0) is 18.0. The summed E-state index contributed by atoms with van der Waals surface area (Å²) in [6.45, 7) is 3.08. The van der Waals surface area contributed by atoms with Crippen LogP contribution in [0.3, 0.4) is 0 Å². The number of aryl methyl sites for hydroxylation is 2. The lowest BCUT2D eigenvalue weighted by atomic mass is 10.0. The van der Waals surface area contributed by atoms with E-state index in [2.05, 4.69) is 0 Å². The van der Waals surface area contributed by atoms with Crippen LogP contribution in [0.4, 0.5) is 13.2 Å². The second-order valence-corrected chi connectivity index (χ2v) is 7.89. The summed E-state index contributed by atoms with van der Waals surface area (Å²) in [6, 6.07) is 23.2. The molecule has 0 spiro atoms. The van der Waals surface area contributed by atoms with E-state index in [1.54, 1.807) is 12.1 Å². The Balaban J connectivity index is 2.18. The van der Waals surface area contributed by atoms with Gasteiger partial charge in [-0.25, -0.2) is 0 Å². The minimum atomic E-state index is -4.33. The first kappa shape index (κ1) is 17.6. The molecule has 0 bridgehead atoms. The minimum Gasteiger partial charge on any atom is -0.166 e. The molecule has 0 atom stereocenters. The van der Waals surface area contributed by atoms with Gasteiger partial charge in [0.25, 0.3) is 0 Å². The molecule has 0 saturated carbocycles. The summed E-state index contributed by atoms with van der Waals surface area (Å²) in [5.41, 5.74) is 0.0136. The van der Waals surface area contributed by atoms with E-state index in [0.717, 1.165) is 14.7 Å². The number of rotatable bonds is 3. The molecule has 4 heteroatoms. The lowest BCUT2D eigenvalue weighted by Gasteiger charge is -2.15. The summed E-state index contributed by atoms with van der Waals surface area (Å²) in [5.74, 6) is 0. The first-order valence-corrected chi connectivity index (χ1v) is 9.13. The van der Waals surface area contributed by atoms with Crippen LogP contribution in [0.1, 0.15) is 16.7 Å². The summed E-state index contributed by atoms with van der Waals surface area (Å²) >= 11 is 0. The minimum absolute atomic E-state index is 0.270. The second-order valence-electron chi connectivity index (χ2n) is 5.86. The Morgan fingerprint density at radius 2 is 1.04 bits per heavy atom. The van der Waals surface area contributed by atoms with Crippen LogP contribution >= 0.6 is 0 Å². The Morgan fingerprint density at radius 3 is 1.40 bits per heavy atom. The van der Waals surface area contributed by atoms with E-state index in [-0.39, 0.29) is 11.1 Å². The molecule has 0 fully saturated rings. The van der Waals surface area contributed by atoms with Crippen LogP contribution in [0, 0.1) is 13.8 Å². The molecular formula is C21H18F3S+. The molecule has 0 nitrogen and oxygen atoms in total. The predicted molar refractivity (Wildman–Crippen MR) is 96.0 cm³/mol. The third-order valence-electron chi connectivity index (χ3n) is 3.98. The van der Waals surface area contributed by atoms with E-state index in [4.69, 9.17) is 0 Å². The highest BCUT2D eigenvalue weighted by Crippen LogP contribution is 2.38. The highest BCUT2D eigenvalue weighted by Gasteiger charge is 2.37.